The van der Waals surface area contributed by atoms with E-state index < -0.39 is 16.1 Å². The second kappa shape index (κ2) is 6.30. The largest absolute Gasteiger partial charge is 0.491 e. The van der Waals surface area contributed by atoms with E-state index in [4.69, 9.17) is 4.74 Å². The highest BCUT2D eigenvalue weighted by Crippen LogP contribution is 2.41. The van der Waals surface area contributed by atoms with Crippen molar-refractivity contribution in [2.24, 2.45) is 0 Å². The topological polar surface area (TPSA) is 66.8 Å². The highest BCUT2D eigenvalue weighted by Gasteiger charge is 2.36. The van der Waals surface area contributed by atoms with Crippen molar-refractivity contribution in [3.05, 3.63) is 66.2 Å². The molecule has 0 saturated heterocycles. The zero-order valence-corrected chi connectivity index (χ0v) is 15.1. The van der Waals surface area contributed by atoms with Gasteiger partial charge in [-0.25, -0.2) is 8.42 Å². The first-order valence-electron chi connectivity index (χ1n) is 8.39. The fourth-order valence-corrected chi connectivity index (χ4v) is 5.04. The van der Waals surface area contributed by atoms with Crippen LogP contribution in [0.3, 0.4) is 0 Å². The van der Waals surface area contributed by atoms with Gasteiger partial charge in [-0.3, -0.25) is 4.31 Å². The molecule has 1 unspecified atom stereocenters. The lowest BCUT2D eigenvalue weighted by atomic mass is 10.1. The van der Waals surface area contributed by atoms with Crippen LogP contribution in [0.15, 0.2) is 65.6 Å². The number of aliphatic hydroxyl groups is 1. The minimum atomic E-state index is -3.67. The average Bonchev–Trinajstić information content (AvgIpc) is 2.84. The van der Waals surface area contributed by atoms with E-state index in [1.165, 1.54) is 4.31 Å². The quantitative estimate of drug-likeness (QED) is 0.750. The van der Waals surface area contributed by atoms with Crippen LogP contribution in [0.25, 0.3) is 10.8 Å². The summed E-state index contributed by atoms with van der Waals surface area (Å²) < 4.78 is 32.7. The van der Waals surface area contributed by atoms with Crippen LogP contribution in [0.1, 0.15) is 5.56 Å². The van der Waals surface area contributed by atoms with Crippen molar-refractivity contribution in [1.82, 2.24) is 0 Å². The SMILES string of the molecule is Cc1cccc(OCC(O)CN2c3cccc4cccc(c34)S2(=O)=O)c1. The zero-order valence-electron chi connectivity index (χ0n) is 14.3. The molecule has 0 amide bonds. The van der Waals surface area contributed by atoms with Gasteiger partial charge in [0.2, 0.25) is 0 Å². The number of anilines is 1. The third kappa shape index (κ3) is 2.81. The van der Waals surface area contributed by atoms with E-state index in [1.54, 1.807) is 18.2 Å². The van der Waals surface area contributed by atoms with Crippen molar-refractivity contribution >= 4 is 26.5 Å². The molecule has 3 aromatic rings. The maximum absolute atomic E-state index is 12.9. The number of rotatable bonds is 5. The molecule has 4 rings (SSSR count). The lowest BCUT2D eigenvalue weighted by molar-refractivity contribution is 0.115. The fraction of sp³-hybridized carbons (Fsp3) is 0.200. The predicted octanol–water partition coefficient (Wildman–Crippen LogP) is 3.10. The normalized spacial score (nSPS) is 16.0. The van der Waals surface area contributed by atoms with Gasteiger partial charge in [-0.05, 0) is 42.1 Å². The smallest absolute Gasteiger partial charge is 0.265 e. The molecule has 134 valence electrons. The molecule has 0 radical (unpaired) electrons. The molecule has 0 saturated carbocycles. The summed E-state index contributed by atoms with van der Waals surface area (Å²) in [6, 6.07) is 18.2. The number of β-amino-alcohol motifs (C(OH)–C–C–N with tert-alkyl or cyclic N) is 1. The summed E-state index contributed by atoms with van der Waals surface area (Å²) in [4.78, 5) is 0.289. The summed E-state index contributed by atoms with van der Waals surface area (Å²) in [5.41, 5.74) is 1.66. The monoisotopic (exact) mass is 369 g/mol. The maximum Gasteiger partial charge on any atom is 0.265 e. The Balaban J connectivity index is 1.56. The van der Waals surface area contributed by atoms with Crippen LogP contribution in [0.2, 0.25) is 0 Å². The van der Waals surface area contributed by atoms with Gasteiger partial charge in [0, 0.05) is 5.39 Å². The molecule has 1 N–H and O–H groups in total. The molecule has 1 heterocycles. The van der Waals surface area contributed by atoms with E-state index in [0.717, 1.165) is 10.9 Å². The van der Waals surface area contributed by atoms with Crippen LogP contribution in [-0.4, -0.2) is 32.8 Å². The molecule has 1 aliphatic rings. The van der Waals surface area contributed by atoms with Crippen LogP contribution in [-0.2, 0) is 10.0 Å². The van der Waals surface area contributed by atoms with Gasteiger partial charge in [-0.2, -0.15) is 0 Å². The molecule has 0 bridgehead atoms. The molecular formula is C20H19NO4S. The Hall–Kier alpha value is -2.57. The molecule has 0 fully saturated rings. The summed E-state index contributed by atoms with van der Waals surface area (Å²) in [5, 5.41) is 12.0. The number of benzene rings is 3. The fourth-order valence-electron chi connectivity index (χ4n) is 3.30. The van der Waals surface area contributed by atoms with Crippen molar-refractivity contribution < 1.29 is 18.3 Å². The number of nitrogens with zero attached hydrogens (tertiary/aromatic N) is 1. The first kappa shape index (κ1) is 16.9. The Morgan fingerprint density at radius 2 is 1.81 bits per heavy atom. The van der Waals surface area contributed by atoms with Crippen LogP contribution in [0.4, 0.5) is 5.69 Å². The molecule has 6 heteroatoms. The maximum atomic E-state index is 12.9. The highest BCUT2D eigenvalue weighted by atomic mass is 32.2. The van der Waals surface area contributed by atoms with Crippen molar-refractivity contribution in [3.8, 4) is 5.75 Å². The van der Waals surface area contributed by atoms with Gasteiger partial charge in [0.1, 0.15) is 18.5 Å². The van der Waals surface area contributed by atoms with E-state index >= 15 is 0 Å². The first-order valence-corrected chi connectivity index (χ1v) is 9.83. The highest BCUT2D eigenvalue weighted by molar-refractivity contribution is 7.93. The van der Waals surface area contributed by atoms with Crippen molar-refractivity contribution in [2.75, 3.05) is 17.5 Å². The van der Waals surface area contributed by atoms with Gasteiger partial charge >= 0.3 is 0 Å². The Morgan fingerprint density at radius 1 is 1.08 bits per heavy atom. The van der Waals surface area contributed by atoms with Crippen molar-refractivity contribution in [3.63, 3.8) is 0 Å². The second-order valence-corrected chi connectivity index (χ2v) is 8.28. The number of hydrogen-bond donors (Lipinski definition) is 1. The average molecular weight is 369 g/mol. The van der Waals surface area contributed by atoms with Crippen molar-refractivity contribution in [1.29, 1.82) is 0 Å². The molecular weight excluding hydrogens is 350 g/mol. The van der Waals surface area contributed by atoms with E-state index in [1.807, 2.05) is 49.4 Å². The first-order chi connectivity index (χ1) is 12.5. The van der Waals surface area contributed by atoms with Gasteiger partial charge in [-0.15, -0.1) is 0 Å². The third-order valence-corrected chi connectivity index (χ3v) is 6.31. The molecule has 0 aliphatic carbocycles. The van der Waals surface area contributed by atoms with Crippen molar-refractivity contribution in [2.45, 2.75) is 17.9 Å². The molecule has 0 spiro atoms. The summed E-state index contributed by atoms with van der Waals surface area (Å²) >= 11 is 0. The van der Waals surface area contributed by atoms with Gasteiger partial charge in [-0.1, -0.05) is 36.4 Å². The Morgan fingerprint density at radius 3 is 2.58 bits per heavy atom. The molecule has 3 aromatic carbocycles. The third-order valence-electron chi connectivity index (χ3n) is 4.49. The second-order valence-electron chi connectivity index (χ2n) is 6.45. The number of sulfonamides is 1. The number of hydrogen-bond acceptors (Lipinski definition) is 4. The van der Waals surface area contributed by atoms with E-state index in [0.29, 0.717) is 16.8 Å². The number of aryl methyl sites for hydroxylation is 1. The lowest BCUT2D eigenvalue weighted by Gasteiger charge is -2.22. The number of ether oxygens (including phenoxy) is 1. The van der Waals surface area contributed by atoms with Gasteiger partial charge in [0.25, 0.3) is 10.0 Å². The number of aliphatic hydroxyl groups excluding tert-OH is 1. The standard InChI is InChI=1S/C20H19NO4S/c1-14-5-2-8-17(11-14)25-13-16(22)12-21-18-9-3-6-15-7-4-10-19(20(15)18)26(21,23)24/h2-11,16,22H,12-13H2,1H3. The molecule has 26 heavy (non-hydrogen) atoms. The van der Waals surface area contributed by atoms with E-state index in [9.17, 15) is 13.5 Å². The summed E-state index contributed by atoms with van der Waals surface area (Å²) in [6.07, 6.45) is -0.949. The zero-order chi connectivity index (χ0) is 18.3. The minimum Gasteiger partial charge on any atom is -0.491 e. The summed E-state index contributed by atoms with van der Waals surface area (Å²) in [7, 11) is -3.67. The molecule has 5 nitrogen and oxygen atoms in total. The Labute approximate surface area is 152 Å². The van der Waals surface area contributed by atoms with Crippen LogP contribution < -0.4 is 9.04 Å². The molecule has 0 aromatic heterocycles. The van der Waals surface area contributed by atoms with Crippen LogP contribution in [0.5, 0.6) is 5.75 Å². The van der Waals surface area contributed by atoms with Crippen LogP contribution in [0, 0.1) is 6.92 Å². The summed E-state index contributed by atoms with van der Waals surface area (Å²) in [5.74, 6) is 0.652. The lowest BCUT2D eigenvalue weighted by Crippen LogP contribution is -2.37. The van der Waals surface area contributed by atoms with E-state index in [-0.39, 0.29) is 18.0 Å². The van der Waals surface area contributed by atoms with Gasteiger partial charge in [0.05, 0.1) is 17.1 Å². The molecule has 1 aliphatic heterocycles. The Bertz CT molecular complexity index is 1070. The predicted molar refractivity (Wildman–Crippen MR) is 101 cm³/mol. The van der Waals surface area contributed by atoms with Crippen LogP contribution >= 0.6 is 0 Å². The summed E-state index contributed by atoms with van der Waals surface area (Å²) in [6.45, 7) is 1.92. The van der Waals surface area contributed by atoms with E-state index in [2.05, 4.69) is 0 Å². The van der Waals surface area contributed by atoms with Gasteiger partial charge < -0.3 is 9.84 Å². The minimum absolute atomic E-state index is 0.0157. The van der Waals surface area contributed by atoms with Gasteiger partial charge in [0.15, 0.2) is 0 Å². The Kier molecular flexibility index (Phi) is 4.09. The molecule has 1 atom stereocenters.